The van der Waals surface area contributed by atoms with Crippen molar-refractivity contribution in [3.63, 3.8) is 0 Å². The van der Waals surface area contributed by atoms with Gasteiger partial charge in [-0.05, 0) is 49.3 Å². The van der Waals surface area contributed by atoms with Gasteiger partial charge in [0.25, 0.3) is 5.91 Å². The minimum Gasteiger partial charge on any atom is -0.340 e. The van der Waals surface area contributed by atoms with Crippen LogP contribution in [0.1, 0.15) is 34.5 Å². The van der Waals surface area contributed by atoms with Gasteiger partial charge in [-0.25, -0.2) is 9.97 Å². The number of likely N-dealkylation sites (tertiary alicyclic amines) is 1. The number of piperidine rings is 1. The Hall–Kier alpha value is -1.95. The van der Waals surface area contributed by atoms with E-state index in [1.54, 1.807) is 23.7 Å². The van der Waals surface area contributed by atoms with Gasteiger partial charge < -0.3 is 9.80 Å². The van der Waals surface area contributed by atoms with E-state index in [1.165, 1.54) is 6.42 Å². The molecule has 2 aliphatic rings. The Balaban J connectivity index is 1.49. The van der Waals surface area contributed by atoms with Crippen LogP contribution >= 0.6 is 11.3 Å². The highest BCUT2D eigenvalue weighted by atomic mass is 32.1. The smallest absolute Gasteiger partial charge is 0.264 e. The molecule has 1 spiro atoms. The summed E-state index contributed by atoms with van der Waals surface area (Å²) >= 11 is 1.56. The summed E-state index contributed by atoms with van der Waals surface area (Å²) in [6.07, 6.45) is 7.00. The summed E-state index contributed by atoms with van der Waals surface area (Å²) < 4.78 is 0. The number of amides is 1. The SMILES string of the molecule is Cc1ccsc1C(=O)N1CC[C@@]2(CCCN(c3ncccn3)C2)C1. The summed E-state index contributed by atoms with van der Waals surface area (Å²) in [5.74, 6) is 1.02. The van der Waals surface area contributed by atoms with Gasteiger partial charge in [-0.3, -0.25) is 4.79 Å². The lowest BCUT2D eigenvalue weighted by Gasteiger charge is -2.40. The molecular formula is C18H22N4OS. The average Bonchev–Trinajstić information content (AvgIpc) is 3.22. The molecule has 2 saturated heterocycles. The molecule has 0 N–H and O–H groups in total. The molecule has 6 heteroatoms. The highest BCUT2D eigenvalue weighted by molar-refractivity contribution is 7.12. The van der Waals surface area contributed by atoms with E-state index in [4.69, 9.17) is 0 Å². The molecular weight excluding hydrogens is 320 g/mol. The fourth-order valence-electron chi connectivity index (χ4n) is 4.01. The van der Waals surface area contributed by atoms with E-state index < -0.39 is 0 Å². The summed E-state index contributed by atoms with van der Waals surface area (Å²) in [5, 5.41) is 2.00. The van der Waals surface area contributed by atoms with E-state index in [9.17, 15) is 4.79 Å². The number of thiophene rings is 1. The second-order valence-corrected chi connectivity index (χ2v) is 7.90. The third kappa shape index (κ3) is 2.79. The lowest BCUT2D eigenvalue weighted by Crippen LogP contribution is -2.46. The summed E-state index contributed by atoms with van der Waals surface area (Å²) in [6, 6.07) is 3.88. The van der Waals surface area contributed by atoms with Gasteiger partial charge in [-0.1, -0.05) is 0 Å². The molecule has 2 aliphatic heterocycles. The zero-order valence-electron chi connectivity index (χ0n) is 13.9. The third-order valence-electron chi connectivity index (χ3n) is 5.28. The van der Waals surface area contributed by atoms with Crippen molar-refractivity contribution >= 4 is 23.2 Å². The van der Waals surface area contributed by atoms with Crippen LogP contribution in [0, 0.1) is 12.3 Å². The van der Waals surface area contributed by atoms with E-state index in [0.29, 0.717) is 0 Å². The number of rotatable bonds is 2. The Kier molecular flexibility index (Phi) is 4.00. The molecule has 1 atom stereocenters. The maximum atomic E-state index is 12.8. The second-order valence-electron chi connectivity index (χ2n) is 6.98. The zero-order chi connectivity index (χ0) is 16.6. The number of aryl methyl sites for hydroxylation is 1. The minimum atomic E-state index is 0.193. The Bertz CT molecular complexity index is 732. The van der Waals surface area contributed by atoms with Crippen molar-refractivity contribution in [1.29, 1.82) is 0 Å². The van der Waals surface area contributed by atoms with Crippen molar-refractivity contribution in [2.75, 3.05) is 31.1 Å². The van der Waals surface area contributed by atoms with Crippen molar-refractivity contribution in [2.24, 2.45) is 5.41 Å². The zero-order valence-corrected chi connectivity index (χ0v) is 14.8. The molecule has 0 aliphatic carbocycles. The van der Waals surface area contributed by atoms with Gasteiger partial charge in [0, 0.05) is 44.0 Å². The van der Waals surface area contributed by atoms with Crippen molar-refractivity contribution in [2.45, 2.75) is 26.2 Å². The maximum Gasteiger partial charge on any atom is 0.264 e. The Morgan fingerprint density at radius 2 is 2.04 bits per heavy atom. The highest BCUT2D eigenvalue weighted by Gasteiger charge is 2.43. The number of hydrogen-bond acceptors (Lipinski definition) is 5. The van der Waals surface area contributed by atoms with Crippen molar-refractivity contribution in [3.05, 3.63) is 40.3 Å². The summed E-state index contributed by atoms with van der Waals surface area (Å²) in [5.41, 5.74) is 1.28. The first-order chi connectivity index (χ1) is 11.7. The Labute approximate surface area is 146 Å². The molecule has 0 saturated carbocycles. The van der Waals surface area contributed by atoms with Gasteiger partial charge in [0.2, 0.25) is 5.95 Å². The quantitative estimate of drug-likeness (QED) is 0.842. The second kappa shape index (κ2) is 6.16. The van der Waals surface area contributed by atoms with Crippen LogP contribution < -0.4 is 4.90 Å². The fourth-order valence-corrected chi connectivity index (χ4v) is 4.90. The van der Waals surface area contributed by atoms with Gasteiger partial charge in [-0.2, -0.15) is 0 Å². The molecule has 126 valence electrons. The van der Waals surface area contributed by atoms with E-state index in [2.05, 4.69) is 14.9 Å². The van der Waals surface area contributed by atoms with Gasteiger partial charge >= 0.3 is 0 Å². The van der Waals surface area contributed by atoms with Crippen molar-refractivity contribution < 1.29 is 4.79 Å². The number of anilines is 1. The van der Waals surface area contributed by atoms with E-state index in [1.807, 2.05) is 29.3 Å². The van der Waals surface area contributed by atoms with Gasteiger partial charge in [-0.15, -0.1) is 11.3 Å². The molecule has 0 bridgehead atoms. The molecule has 2 aromatic heterocycles. The van der Waals surface area contributed by atoms with Crippen LogP contribution in [0.2, 0.25) is 0 Å². The van der Waals surface area contributed by atoms with Crippen molar-refractivity contribution in [3.8, 4) is 0 Å². The van der Waals surface area contributed by atoms with Crippen molar-refractivity contribution in [1.82, 2.24) is 14.9 Å². The van der Waals surface area contributed by atoms with Crippen LogP contribution in [0.4, 0.5) is 5.95 Å². The van der Waals surface area contributed by atoms with Crippen LogP contribution in [0.5, 0.6) is 0 Å². The normalized spacial score (nSPS) is 23.9. The Morgan fingerprint density at radius 3 is 2.79 bits per heavy atom. The predicted octanol–water partition coefficient (Wildman–Crippen LogP) is 2.98. The monoisotopic (exact) mass is 342 g/mol. The number of hydrogen-bond donors (Lipinski definition) is 0. The number of nitrogens with zero attached hydrogens (tertiary/aromatic N) is 4. The van der Waals surface area contributed by atoms with Gasteiger partial charge in [0.15, 0.2) is 0 Å². The molecule has 0 unspecified atom stereocenters. The first-order valence-electron chi connectivity index (χ1n) is 8.52. The molecule has 0 radical (unpaired) electrons. The standard InChI is InChI=1S/C18H22N4OS/c1-14-4-11-24-15(14)16(23)21-10-6-18(12-21)5-2-9-22(13-18)17-19-7-3-8-20-17/h3-4,7-8,11H,2,5-6,9-10,12-13H2,1H3/t18-/m0/s1. The van der Waals surface area contributed by atoms with Crippen LogP contribution in [-0.4, -0.2) is 47.0 Å². The maximum absolute atomic E-state index is 12.8. The van der Waals surface area contributed by atoms with Crippen LogP contribution in [0.15, 0.2) is 29.9 Å². The Morgan fingerprint density at radius 1 is 1.21 bits per heavy atom. The minimum absolute atomic E-state index is 0.193. The largest absolute Gasteiger partial charge is 0.340 e. The average molecular weight is 342 g/mol. The summed E-state index contributed by atoms with van der Waals surface area (Å²) in [6.45, 7) is 5.69. The number of aromatic nitrogens is 2. The van der Waals surface area contributed by atoms with Crippen LogP contribution in [0.25, 0.3) is 0 Å². The molecule has 1 amide bonds. The lowest BCUT2D eigenvalue weighted by molar-refractivity contribution is 0.0771. The molecule has 2 fully saturated rings. The molecule has 5 nitrogen and oxygen atoms in total. The molecule has 2 aromatic rings. The van der Waals surface area contributed by atoms with E-state index in [0.717, 1.165) is 55.4 Å². The lowest BCUT2D eigenvalue weighted by atomic mass is 9.79. The summed E-state index contributed by atoms with van der Waals surface area (Å²) in [4.78, 5) is 26.8. The molecule has 4 rings (SSSR count). The first-order valence-corrected chi connectivity index (χ1v) is 9.40. The van der Waals surface area contributed by atoms with Crippen LogP contribution in [0.3, 0.4) is 0 Å². The highest BCUT2D eigenvalue weighted by Crippen LogP contribution is 2.40. The van der Waals surface area contributed by atoms with Gasteiger partial charge in [0.05, 0.1) is 4.88 Å². The van der Waals surface area contributed by atoms with Gasteiger partial charge in [0.1, 0.15) is 0 Å². The van der Waals surface area contributed by atoms with Crippen LogP contribution in [-0.2, 0) is 0 Å². The number of carbonyl (C=O) groups excluding carboxylic acids is 1. The number of carbonyl (C=O) groups is 1. The fraction of sp³-hybridized carbons (Fsp3) is 0.500. The topological polar surface area (TPSA) is 49.3 Å². The molecule has 0 aromatic carbocycles. The molecule has 24 heavy (non-hydrogen) atoms. The summed E-state index contributed by atoms with van der Waals surface area (Å²) in [7, 11) is 0. The first kappa shape index (κ1) is 15.6. The molecule has 4 heterocycles. The van der Waals surface area contributed by atoms with E-state index >= 15 is 0 Å². The van der Waals surface area contributed by atoms with E-state index in [-0.39, 0.29) is 11.3 Å². The predicted molar refractivity (Wildman–Crippen MR) is 95.5 cm³/mol. The third-order valence-corrected chi connectivity index (χ3v) is 6.28.